The minimum atomic E-state index is -3.63. The van der Waals surface area contributed by atoms with Crippen LogP contribution < -0.4 is 4.90 Å². The summed E-state index contributed by atoms with van der Waals surface area (Å²) in [7, 11) is -3.63. The number of halogens is 1. The predicted molar refractivity (Wildman–Crippen MR) is 107 cm³/mol. The Labute approximate surface area is 171 Å². The van der Waals surface area contributed by atoms with Gasteiger partial charge in [-0.2, -0.15) is 4.31 Å². The molecule has 0 spiro atoms. The van der Waals surface area contributed by atoms with Gasteiger partial charge in [0.15, 0.2) is 0 Å². The number of benzene rings is 1. The van der Waals surface area contributed by atoms with E-state index in [1.165, 1.54) is 29.3 Å². The molecule has 29 heavy (non-hydrogen) atoms. The lowest BCUT2D eigenvalue weighted by Gasteiger charge is -2.31. The molecule has 1 N–H and O–H groups in total. The van der Waals surface area contributed by atoms with Crippen molar-refractivity contribution in [2.45, 2.75) is 37.6 Å². The average molecular weight is 421 g/mol. The van der Waals surface area contributed by atoms with Crippen LogP contribution in [0, 0.1) is 19.7 Å². The first-order valence-corrected chi connectivity index (χ1v) is 11.5. The standard InChI is InChI=1S/C21H26FN3O3S/c1-15-13-20(16(2)25(15)18-5-6-18)21(26)14-23-9-11-24(12-10-23)29(27,28)19-7-3-17(22)4-8-19/h3-4,7-8,13,18H,5-6,9-12,14H2,1-2H3/p+1. The first-order chi connectivity index (χ1) is 13.8. The van der Waals surface area contributed by atoms with E-state index in [4.69, 9.17) is 0 Å². The van der Waals surface area contributed by atoms with Gasteiger partial charge in [-0.15, -0.1) is 0 Å². The first kappa shape index (κ1) is 20.3. The van der Waals surface area contributed by atoms with E-state index in [1.54, 1.807) is 0 Å². The van der Waals surface area contributed by atoms with E-state index >= 15 is 0 Å². The summed E-state index contributed by atoms with van der Waals surface area (Å²) in [4.78, 5) is 14.1. The molecule has 0 radical (unpaired) electrons. The normalized spacial score (nSPS) is 18.9. The molecule has 0 atom stereocenters. The van der Waals surface area contributed by atoms with Crippen LogP contribution >= 0.6 is 0 Å². The van der Waals surface area contributed by atoms with E-state index in [1.807, 2.05) is 19.9 Å². The molecule has 0 bridgehead atoms. The molecule has 1 saturated carbocycles. The highest BCUT2D eigenvalue weighted by molar-refractivity contribution is 7.89. The summed E-state index contributed by atoms with van der Waals surface area (Å²) in [5.41, 5.74) is 2.98. The number of aromatic nitrogens is 1. The van der Waals surface area contributed by atoms with Gasteiger partial charge in [-0.05, 0) is 57.0 Å². The van der Waals surface area contributed by atoms with Gasteiger partial charge < -0.3 is 9.47 Å². The highest BCUT2D eigenvalue weighted by Crippen LogP contribution is 2.38. The lowest BCUT2D eigenvalue weighted by molar-refractivity contribution is -0.895. The zero-order valence-electron chi connectivity index (χ0n) is 16.8. The van der Waals surface area contributed by atoms with Gasteiger partial charge in [0.05, 0.1) is 31.1 Å². The van der Waals surface area contributed by atoms with Crippen molar-refractivity contribution in [2.75, 3.05) is 32.7 Å². The number of Topliss-reactive ketones (excluding diaryl/α,β-unsaturated/α-hetero) is 1. The summed E-state index contributed by atoms with van der Waals surface area (Å²) in [6.07, 6.45) is 2.36. The van der Waals surface area contributed by atoms with Gasteiger partial charge in [0.2, 0.25) is 15.8 Å². The van der Waals surface area contributed by atoms with E-state index in [0.717, 1.165) is 34.0 Å². The summed E-state index contributed by atoms with van der Waals surface area (Å²) < 4.78 is 42.2. The van der Waals surface area contributed by atoms with Crippen LogP contribution in [0.3, 0.4) is 0 Å². The van der Waals surface area contributed by atoms with E-state index in [-0.39, 0.29) is 10.7 Å². The molecule has 0 unspecified atom stereocenters. The van der Waals surface area contributed by atoms with E-state index in [9.17, 15) is 17.6 Å². The Kier molecular flexibility index (Phi) is 5.35. The summed E-state index contributed by atoms with van der Waals surface area (Å²) in [5.74, 6) is -0.340. The highest BCUT2D eigenvalue weighted by atomic mass is 32.2. The molecular formula is C21H27FN3O3S+. The van der Waals surface area contributed by atoms with Crippen LogP contribution in [0.25, 0.3) is 0 Å². The minimum Gasteiger partial charge on any atom is -0.345 e. The largest absolute Gasteiger partial charge is 0.345 e. The van der Waals surface area contributed by atoms with Crippen LogP contribution in [-0.2, 0) is 10.0 Å². The van der Waals surface area contributed by atoms with Crippen molar-refractivity contribution in [3.8, 4) is 0 Å². The molecule has 1 aromatic carbocycles. The maximum Gasteiger partial charge on any atom is 0.243 e. The van der Waals surface area contributed by atoms with Crippen LogP contribution in [-0.4, -0.2) is 55.8 Å². The van der Waals surface area contributed by atoms with Crippen molar-refractivity contribution < 1.29 is 22.5 Å². The third-order valence-electron chi connectivity index (χ3n) is 5.99. The number of carbonyl (C=O) groups is 1. The SMILES string of the molecule is Cc1cc(C(=O)C[NH+]2CCN(S(=O)(=O)c3ccc(F)cc3)CC2)c(C)n1C1CC1. The number of hydrogen-bond donors (Lipinski definition) is 1. The lowest BCUT2D eigenvalue weighted by Crippen LogP contribution is -3.15. The summed E-state index contributed by atoms with van der Waals surface area (Å²) in [6, 6.07) is 7.44. The molecule has 1 aliphatic carbocycles. The molecular weight excluding hydrogens is 393 g/mol. The Morgan fingerprint density at radius 1 is 1.14 bits per heavy atom. The molecule has 1 saturated heterocycles. The van der Waals surface area contributed by atoms with Gasteiger partial charge in [-0.1, -0.05) is 0 Å². The number of quaternary nitrogens is 1. The molecule has 2 heterocycles. The summed E-state index contributed by atoms with van der Waals surface area (Å²) >= 11 is 0. The number of rotatable bonds is 6. The molecule has 1 aliphatic heterocycles. The second-order valence-corrected chi connectivity index (χ2v) is 10.0. The summed E-state index contributed by atoms with van der Waals surface area (Å²) in [6.45, 7) is 6.29. The molecule has 8 heteroatoms. The quantitative estimate of drug-likeness (QED) is 0.718. The summed E-state index contributed by atoms with van der Waals surface area (Å²) in [5, 5.41) is 0. The van der Waals surface area contributed by atoms with E-state index in [2.05, 4.69) is 4.57 Å². The topological polar surface area (TPSA) is 63.8 Å². The second-order valence-electron chi connectivity index (χ2n) is 8.09. The maximum atomic E-state index is 13.1. The predicted octanol–water partition coefficient (Wildman–Crippen LogP) is 1.35. The second kappa shape index (κ2) is 7.66. The number of nitrogens with one attached hydrogen (secondary N) is 1. The van der Waals surface area contributed by atoms with Gasteiger partial charge in [0.1, 0.15) is 12.4 Å². The third-order valence-corrected chi connectivity index (χ3v) is 7.90. The van der Waals surface area contributed by atoms with Gasteiger partial charge in [-0.3, -0.25) is 4.79 Å². The van der Waals surface area contributed by atoms with E-state index < -0.39 is 15.8 Å². The fraction of sp³-hybridized carbons (Fsp3) is 0.476. The number of piperazine rings is 1. The number of carbonyl (C=O) groups excluding carboxylic acids is 1. The Bertz CT molecular complexity index is 1020. The van der Waals surface area contributed by atoms with Gasteiger partial charge in [-0.25, -0.2) is 12.8 Å². The maximum absolute atomic E-state index is 13.1. The molecule has 156 valence electrons. The van der Waals surface area contributed by atoms with Crippen molar-refractivity contribution in [2.24, 2.45) is 0 Å². The van der Waals surface area contributed by atoms with Gasteiger partial charge in [0.25, 0.3) is 0 Å². The van der Waals surface area contributed by atoms with Crippen LogP contribution in [0.2, 0.25) is 0 Å². The number of sulfonamides is 1. The number of ketones is 1. The molecule has 2 fully saturated rings. The Hall–Kier alpha value is -2.03. The van der Waals surface area contributed by atoms with Crippen molar-refractivity contribution in [1.29, 1.82) is 0 Å². The molecule has 0 amide bonds. The minimum absolute atomic E-state index is 0.103. The van der Waals surface area contributed by atoms with Crippen molar-refractivity contribution >= 4 is 15.8 Å². The zero-order chi connectivity index (χ0) is 20.8. The molecule has 2 aromatic rings. The van der Waals surface area contributed by atoms with Crippen molar-refractivity contribution in [3.05, 3.63) is 53.1 Å². The average Bonchev–Trinajstić information content (AvgIpc) is 3.47. The van der Waals surface area contributed by atoms with Crippen molar-refractivity contribution in [3.63, 3.8) is 0 Å². The van der Waals surface area contributed by atoms with Gasteiger partial charge >= 0.3 is 0 Å². The fourth-order valence-electron chi connectivity index (χ4n) is 4.25. The Morgan fingerprint density at radius 3 is 2.34 bits per heavy atom. The van der Waals surface area contributed by atoms with Gasteiger partial charge in [0, 0.05) is 23.0 Å². The molecule has 6 nitrogen and oxygen atoms in total. The Balaban J connectivity index is 1.38. The Morgan fingerprint density at radius 2 is 1.76 bits per heavy atom. The monoisotopic (exact) mass is 420 g/mol. The number of nitrogens with zero attached hydrogens (tertiary/aromatic N) is 2. The van der Waals surface area contributed by atoms with Crippen LogP contribution in [0.4, 0.5) is 4.39 Å². The van der Waals surface area contributed by atoms with Crippen LogP contribution in [0.1, 0.15) is 40.6 Å². The first-order valence-electron chi connectivity index (χ1n) is 10.1. The van der Waals surface area contributed by atoms with E-state index in [0.29, 0.717) is 38.8 Å². The molecule has 2 aliphatic rings. The van der Waals surface area contributed by atoms with Crippen molar-refractivity contribution in [1.82, 2.24) is 8.87 Å². The number of aryl methyl sites for hydroxylation is 1. The smallest absolute Gasteiger partial charge is 0.243 e. The molecule has 4 rings (SSSR count). The fourth-order valence-corrected chi connectivity index (χ4v) is 5.69. The van der Waals surface area contributed by atoms with Crippen LogP contribution in [0.5, 0.6) is 0 Å². The van der Waals surface area contributed by atoms with Crippen LogP contribution in [0.15, 0.2) is 35.2 Å². The lowest BCUT2D eigenvalue weighted by atomic mass is 10.1. The third kappa shape index (κ3) is 4.01. The molecule has 1 aromatic heterocycles. The zero-order valence-corrected chi connectivity index (χ0v) is 17.6. The number of hydrogen-bond acceptors (Lipinski definition) is 3. The highest BCUT2D eigenvalue weighted by Gasteiger charge is 2.33.